The fraction of sp³-hybridized carbons (Fsp3) is 0.312. The molecule has 4 heteroatoms. The quantitative estimate of drug-likeness (QED) is 0.809. The van der Waals surface area contributed by atoms with Crippen LogP contribution in [0.5, 0.6) is 0 Å². The van der Waals surface area contributed by atoms with E-state index in [1.54, 1.807) is 11.3 Å². The summed E-state index contributed by atoms with van der Waals surface area (Å²) < 4.78 is 1.11. The average Bonchev–Trinajstić information content (AvgIpc) is 3.18. The van der Waals surface area contributed by atoms with Crippen molar-refractivity contribution >= 4 is 33.2 Å². The predicted octanol–water partition coefficient (Wildman–Crippen LogP) is 4.20. The molecule has 2 aromatic rings. The molecule has 0 atom stereocenters. The molecule has 0 aliphatic heterocycles. The maximum Gasteiger partial charge on any atom is 0.233 e. The van der Waals surface area contributed by atoms with Crippen molar-refractivity contribution in [1.82, 2.24) is 4.90 Å². The van der Waals surface area contributed by atoms with Gasteiger partial charge in [0.05, 0.1) is 15.7 Å². The summed E-state index contributed by atoms with van der Waals surface area (Å²) in [5.41, 5.74) is 0.897. The van der Waals surface area contributed by atoms with E-state index < -0.39 is 0 Å². The van der Waals surface area contributed by atoms with Gasteiger partial charge in [-0.25, -0.2) is 0 Å². The van der Waals surface area contributed by atoms with Gasteiger partial charge in [-0.3, -0.25) is 4.79 Å². The molecule has 0 bridgehead atoms. The number of carbonyl (C=O) groups is 1. The largest absolute Gasteiger partial charge is 0.340 e. The van der Waals surface area contributed by atoms with Gasteiger partial charge < -0.3 is 4.90 Å². The van der Waals surface area contributed by atoms with E-state index in [1.807, 2.05) is 36.2 Å². The van der Waals surface area contributed by atoms with Crippen molar-refractivity contribution in [3.63, 3.8) is 0 Å². The van der Waals surface area contributed by atoms with Gasteiger partial charge in [0.1, 0.15) is 0 Å². The van der Waals surface area contributed by atoms with Crippen LogP contribution in [0.3, 0.4) is 0 Å². The number of amides is 1. The number of likely N-dealkylation sites (N-methyl/N-ethyl adjacent to an activating group) is 1. The Balaban J connectivity index is 1.75. The van der Waals surface area contributed by atoms with Gasteiger partial charge in [-0.05, 0) is 46.5 Å². The second-order valence-corrected chi connectivity index (χ2v) is 7.86. The highest BCUT2D eigenvalue weighted by Gasteiger charge is 2.52. The Morgan fingerprint density at radius 2 is 1.95 bits per heavy atom. The Hall–Kier alpha value is -1.13. The van der Waals surface area contributed by atoms with Crippen molar-refractivity contribution in [1.29, 1.82) is 0 Å². The summed E-state index contributed by atoms with van der Waals surface area (Å²) in [6.07, 6.45) is 1.93. The van der Waals surface area contributed by atoms with Gasteiger partial charge in [-0.2, -0.15) is 0 Å². The third kappa shape index (κ3) is 2.54. The molecule has 0 N–H and O–H groups in total. The van der Waals surface area contributed by atoms with E-state index >= 15 is 0 Å². The van der Waals surface area contributed by atoms with Crippen molar-refractivity contribution in [2.75, 3.05) is 7.05 Å². The summed E-state index contributed by atoms with van der Waals surface area (Å²) in [6, 6.07) is 14.3. The van der Waals surface area contributed by atoms with Gasteiger partial charge in [0.25, 0.3) is 0 Å². The first-order valence-electron chi connectivity index (χ1n) is 6.67. The molecule has 2 nitrogen and oxygen atoms in total. The number of hydrogen-bond donors (Lipinski definition) is 0. The first-order valence-corrected chi connectivity index (χ1v) is 8.28. The molecule has 1 aromatic carbocycles. The average molecular weight is 350 g/mol. The van der Waals surface area contributed by atoms with E-state index in [9.17, 15) is 4.79 Å². The highest BCUT2D eigenvalue weighted by atomic mass is 79.9. The molecule has 1 aliphatic carbocycles. The molecule has 1 saturated carbocycles. The molecule has 1 heterocycles. The predicted molar refractivity (Wildman–Crippen MR) is 85.8 cm³/mol. The van der Waals surface area contributed by atoms with Crippen molar-refractivity contribution < 1.29 is 4.79 Å². The molecule has 3 rings (SSSR count). The van der Waals surface area contributed by atoms with Crippen LogP contribution < -0.4 is 0 Å². The molecular formula is C16H16BrNOS. The minimum Gasteiger partial charge on any atom is -0.340 e. The highest BCUT2D eigenvalue weighted by Crippen LogP contribution is 2.49. The Kier molecular flexibility index (Phi) is 3.69. The second kappa shape index (κ2) is 5.34. The van der Waals surface area contributed by atoms with Gasteiger partial charge in [-0.15, -0.1) is 11.3 Å². The fourth-order valence-electron chi connectivity index (χ4n) is 2.62. The van der Waals surface area contributed by atoms with Gasteiger partial charge >= 0.3 is 0 Å². The highest BCUT2D eigenvalue weighted by molar-refractivity contribution is 9.11. The van der Waals surface area contributed by atoms with Crippen LogP contribution in [0, 0.1) is 0 Å². The zero-order valence-corrected chi connectivity index (χ0v) is 13.7. The van der Waals surface area contributed by atoms with Crippen LogP contribution in [0.25, 0.3) is 0 Å². The normalized spacial score (nSPS) is 15.9. The van der Waals surface area contributed by atoms with Crippen LogP contribution in [0.4, 0.5) is 0 Å². The zero-order valence-electron chi connectivity index (χ0n) is 11.3. The Bertz CT molecular complexity index is 618. The smallest absolute Gasteiger partial charge is 0.233 e. The van der Waals surface area contributed by atoms with Crippen LogP contribution in [0.1, 0.15) is 23.3 Å². The second-order valence-electron chi connectivity index (χ2n) is 5.32. The summed E-state index contributed by atoms with van der Waals surface area (Å²) >= 11 is 5.15. The van der Waals surface area contributed by atoms with E-state index in [4.69, 9.17) is 0 Å². The van der Waals surface area contributed by atoms with Crippen molar-refractivity contribution in [2.45, 2.75) is 24.8 Å². The molecule has 0 radical (unpaired) electrons. The first kappa shape index (κ1) is 13.8. The Morgan fingerprint density at radius 3 is 2.50 bits per heavy atom. The summed E-state index contributed by atoms with van der Waals surface area (Å²) in [4.78, 5) is 15.8. The van der Waals surface area contributed by atoms with Crippen LogP contribution in [-0.2, 0) is 16.8 Å². The minimum absolute atomic E-state index is 0.244. The van der Waals surface area contributed by atoms with Gasteiger partial charge in [0, 0.05) is 11.9 Å². The van der Waals surface area contributed by atoms with Crippen molar-refractivity contribution in [3.8, 4) is 0 Å². The number of carbonyl (C=O) groups excluding carboxylic acids is 1. The van der Waals surface area contributed by atoms with Gasteiger partial charge in [0.2, 0.25) is 5.91 Å². The molecule has 0 spiro atoms. The van der Waals surface area contributed by atoms with Crippen LogP contribution in [-0.4, -0.2) is 17.9 Å². The van der Waals surface area contributed by atoms with Crippen molar-refractivity contribution in [3.05, 3.63) is 56.7 Å². The number of rotatable bonds is 4. The maximum absolute atomic E-state index is 12.8. The van der Waals surface area contributed by atoms with Crippen LogP contribution in [0.15, 0.2) is 46.3 Å². The molecule has 1 fully saturated rings. The Morgan fingerprint density at radius 1 is 1.25 bits per heavy atom. The lowest BCUT2D eigenvalue weighted by Gasteiger charge is -2.23. The van der Waals surface area contributed by atoms with Crippen LogP contribution in [0.2, 0.25) is 0 Å². The van der Waals surface area contributed by atoms with E-state index in [0.29, 0.717) is 6.54 Å². The molecule has 20 heavy (non-hydrogen) atoms. The third-order valence-electron chi connectivity index (χ3n) is 3.85. The zero-order chi connectivity index (χ0) is 14.2. The minimum atomic E-state index is -0.259. The molecule has 0 saturated heterocycles. The number of thiophene rings is 1. The lowest BCUT2D eigenvalue weighted by atomic mass is 9.94. The lowest BCUT2D eigenvalue weighted by molar-refractivity contribution is -0.133. The monoisotopic (exact) mass is 349 g/mol. The number of halogens is 1. The molecule has 1 aromatic heterocycles. The fourth-order valence-corrected chi connectivity index (χ4v) is 4.15. The standard InChI is InChI=1S/C16H16BrNOS/c1-18(11-13-7-8-14(17)20-13)15(19)16(9-10-16)12-5-3-2-4-6-12/h2-8H,9-11H2,1H3. The van der Waals surface area contributed by atoms with E-state index in [-0.39, 0.29) is 11.3 Å². The maximum atomic E-state index is 12.8. The summed E-state index contributed by atoms with van der Waals surface area (Å²) in [6.45, 7) is 0.684. The molecule has 0 unspecified atom stereocenters. The summed E-state index contributed by atoms with van der Waals surface area (Å²) in [5, 5.41) is 0. The Labute approximate surface area is 131 Å². The number of benzene rings is 1. The molecular weight excluding hydrogens is 334 g/mol. The van der Waals surface area contributed by atoms with E-state index in [1.165, 1.54) is 4.88 Å². The number of nitrogens with zero attached hydrogens (tertiary/aromatic N) is 1. The SMILES string of the molecule is CN(Cc1ccc(Br)s1)C(=O)C1(c2ccccc2)CC1. The topological polar surface area (TPSA) is 20.3 Å². The van der Waals surface area contributed by atoms with E-state index in [2.05, 4.69) is 34.1 Å². The number of hydrogen-bond acceptors (Lipinski definition) is 2. The van der Waals surface area contributed by atoms with Crippen molar-refractivity contribution in [2.24, 2.45) is 0 Å². The summed E-state index contributed by atoms with van der Waals surface area (Å²) in [5.74, 6) is 0.244. The summed E-state index contributed by atoms with van der Waals surface area (Å²) in [7, 11) is 1.90. The third-order valence-corrected chi connectivity index (χ3v) is 5.46. The molecule has 1 aliphatic rings. The van der Waals surface area contributed by atoms with E-state index in [0.717, 1.165) is 22.2 Å². The van der Waals surface area contributed by atoms with Gasteiger partial charge in [0.15, 0.2) is 0 Å². The molecule has 1 amide bonds. The first-order chi connectivity index (χ1) is 9.62. The van der Waals surface area contributed by atoms with Crippen LogP contribution >= 0.6 is 27.3 Å². The molecule has 104 valence electrons. The lowest BCUT2D eigenvalue weighted by Crippen LogP contribution is -2.35. The van der Waals surface area contributed by atoms with Gasteiger partial charge in [-0.1, -0.05) is 30.3 Å².